The molecule has 106 valence electrons. The van der Waals surface area contributed by atoms with Crippen LogP contribution in [0.1, 0.15) is 32.6 Å². The maximum atomic E-state index is 12.2. The molecule has 2 fully saturated rings. The van der Waals surface area contributed by atoms with Crippen molar-refractivity contribution in [1.82, 2.24) is 10.0 Å². The van der Waals surface area contributed by atoms with Crippen molar-refractivity contribution in [1.29, 1.82) is 0 Å². The van der Waals surface area contributed by atoms with Gasteiger partial charge in [-0.1, -0.05) is 0 Å². The lowest BCUT2D eigenvalue weighted by atomic mass is 9.94. The lowest BCUT2D eigenvalue weighted by molar-refractivity contribution is 0.0986. The second-order valence-corrected chi connectivity index (χ2v) is 7.39. The van der Waals surface area contributed by atoms with Gasteiger partial charge in [0.05, 0.1) is 11.9 Å². The second-order valence-electron chi connectivity index (χ2n) is 5.40. The first-order valence-corrected chi connectivity index (χ1v) is 8.44. The van der Waals surface area contributed by atoms with E-state index in [2.05, 4.69) is 10.0 Å². The number of hydrogen-bond donors (Lipinski definition) is 2. The normalized spacial score (nSPS) is 32.1. The van der Waals surface area contributed by atoms with Crippen LogP contribution in [0.4, 0.5) is 0 Å². The molecular weight excluding hydrogens is 252 g/mol. The van der Waals surface area contributed by atoms with Crippen molar-refractivity contribution in [2.75, 3.05) is 26.3 Å². The molecule has 2 saturated heterocycles. The van der Waals surface area contributed by atoms with Gasteiger partial charge in [0.2, 0.25) is 10.0 Å². The molecule has 0 spiro atoms. The van der Waals surface area contributed by atoms with Crippen LogP contribution in [0.25, 0.3) is 0 Å². The van der Waals surface area contributed by atoms with Crippen molar-refractivity contribution in [2.24, 2.45) is 5.92 Å². The molecule has 0 aromatic heterocycles. The van der Waals surface area contributed by atoms with E-state index in [-0.39, 0.29) is 11.3 Å². The van der Waals surface area contributed by atoms with Gasteiger partial charge in [-0.25, -0.2) is 13.1 Å². The van der Waals surface area contributed by atoms with Gasteiger partial charge in [0, 0.05) is 12.6 Å². The molecule has 0 amide bonds. The minimum Gasteiger partial charge on any atom is -0.380 e. The lowest BCUT2D eigenvalue weighted by Crippen LogP contribution is -2.48. The number of hydrogen-bond acceptors (Lipinski definition) is 4. The summed E-state index contributed by atoms with van der Waals surface area (Å²) in [4.78, 5) is 0. The fraction of sp³-hybridized carbons (Fsp3) is 1.00. The fourth-order valence-corrected chi connectivity index (χ4v) is 4.37. The topological polar surface area (TPSA) is 67.4 Å². The van der Waals surface area contributed by atoms with Gasteiger partial charge in [-0.2, -0.15) is 0 Å². The van der Waals surface area contributed by atoms with E-state index in [1.54, 1.807) is 0 Å². The maximum absolute atomic E-state index is 12.2. The molecule has 0 aromatic carbocycles. The van der Waals surface area contributed by atoms with Crippen molar-refractivity contribution >= 4 is 10.0 Å². The monoisotopic (exact) mass is 276 g/mol. The van der Waals surface area contributed by atoms with Crippen LogP contribution in [0.15, 0.2) is 0 Å². The maximum Gasteiger partial charge on any atom is 0.217 e. The minimum absolute atomic E-state index is 0.00438. The molecule has 18 heavy (non-hydrogen) atoms. The van der Waals surface area contributed by atoms with Gasteiger partial charge in [0.1, 0.15) is 0 Å². The third-order valence-corrected chi connectivity index (χ3v) is 5.90. The molecule has 0 saturated carbocycles. The first-order valence-electron chi connectivity index (χ1n) is 6.89. The highest BCUT2D eigenvalue weighted by Gasteiger charge is 2.31. The zero-order valence-electron chi connectivity index (χ0n) is 11.0. The van der Waals surface area contributed by atoms with Gasteiger partial charge in [0.25, 0.3) is 0 Å². The highest BCUT2D eigenvalue weighted by Crippen LogP contribution is 2.18. The minimum atomic E-state index is -3.23. The predicted octanol–water partition coefficient (Wildman–Crippen LogP) is 0.473. The molecule has 2 rings (SSSR count). The average molecular weight is 276 g/mol. The van der Waals surface area contributed by atoms with E-state index in [1.807, 2.05) is 6.92 Å². The van der Waals surface area contributed by atoms with Gasteiger partial charge in [-0.15, -0.1) is 0 Å². The van der Waals surface area contributed by atoms with Crippen LogP contribution in [-0.2, 0) is 14.8 Å². The predicted molar refractivity (Wildman–Crippen MR) is 71.0 cm³/mol. The van der Waals surface area contributed by atoms with E-state index in [0.29, 0.717) is 25.6 Å². The van der Waals surface area contributed by atoms with Crippen molar-refractivity contribution < 1.29 is 13.2 Å². The molecule has 2 heterocycles. The standard InChI is InChI=1S/C12H24N2O3S/c1-10(11-4-2-6-13-8-11)14-18(15,16)12-5-3-7-17-9-12/h10-14H,2-9H2,1H3/t10-,11+,12+/m0/s1. The second kappa shape index (κ2) is 6.32. The number of sulfonamides is 1. The smallest absolute Gasteiger partial charge is 0.217 e. The molecule has 6 heteroatoms. The van der Waals surface area contributed by atoms with Gasteiger partial charge >= 0.3 is 0 Å². The van der Waals surface area contributed by atoms with Gasteiger partial charge in [-0.05, 0) is 51.6 Å². The molecule has 2 N–H and O–H groups in total. The highest BCUT2D eigenvalue weighted by atomic mass is 32.2. The van der Waals surface area contributed by atoms with Crippen molar-refractivity contribution in [3.05, 3.63) is 0 Å². The van der Waals surface area contributed by atoms with Gasteiger partial charge in [-0.3, -0.25) is 0 Å². The van der Waals surface area contributed by atoms with Crippen LogP contribution in [0.3, 0.4) is 0 Å². The molecule has 0 aliphatic carbocycles. The number of nitrogens with one attached hydrogen (secondary N) is 2. The van der Waals surface area contributed by atoms with Crippen LogP contribution >= 0.6 is 0 Å². The van der Waals surface area contributed by atoms with E-state index in [4.69, 9.17) is 4.74 Å². The fourth-order valence-electron chi connectivity index (χ4n) is 2.71. The first-order chi connectivity index (χ1) is 8.59. The Kier molecular flexibility index (Phi) is 5.00. The van der Waals surface area contributed by atoms with Crippen LogP contribution in [0, 0.1) is 5.92 Å². The lowest BCUT2D eigenvalue weighted by Gasteiger charge is -2.31. The van der Waals surface area contributed by atoms with Crippen LogP contribution in [-0.4, -0.2) is 46.0 Å². The highest BCUT2D eigenvalue weighted by molar-refractivity contribution is 7.90. The summed E-state index contributed by atoms with van der Waals surface area (Å²) < 4.78 is 32.6. The Morgan fingerprint density at radius 2 is 2.17 bits per heavy atom. The molecule has 2 aliphatic rings. The summed E-state index contributed by atoms with van der Waals surface area (Å²) in [6.45, 7) is 4.95. The number of ether oxygens (including phenoxy) is 1. The first kappa shape index (κ1) is 14.2. The molecule has 2 aliphatic heterocycles. The zero-order chi connectivity index (χ0) is 13.0. The Morgan fingerprint density at radius 1 is 1.33 bits per heavy atom. The average Bonchev–Trinajstić information content (AvgIpc) is 2.40. The Balaban J connectivity index is 1.89. The Labute approximate surface area is 110 Å². The largest absolute Gasteiger partial charge is 0.380 e. The van der Waals surface area contributed by atoms with Crippen molar-refractivity contribution in [3.8, 4) is 0 Å². The van der Waals surface area contributed by atoms with E-state index >= 15 is 0 Å². The van der Waals surface area contributed by atoms with E-state index in [0.717, 1.165) is 32.4 Å². The van der Waals surface area contributed by atoms with Crippen molar-refractivity contribution in [3.63, 3.8) is 0 Å². The molecule has 5 nitrogen and oxygen atoms in total. The third kappa shape index (κ3) is 3.66. The molecule has 0 radical (unpaired) electrons. The van der Waals surface area contributed by atoms with E-state index in [9.17, 15) is 8.42 Å². The summed E-state index contributed by atoms with van der Waals surface area (Å²) in [6.07, 6.45) is 3.77. The van der Waals surface area contributed by atoms with Crippen molar-refractivity contribution in [2.45, 2.75) is 43.9 Å². The quantitative estimate of drug-likeness (QED) is 0.783. The van der Waals surface area contributed by atoms with E-state index < -0.39 is 10.0 Å². The Morgan fingerprint density at radius 3 is 2.78 bits per heavy atom. The summed E-state index contributed by atoms with van der Waals surface area (Å²) in [6, 6.07) is 0.00438. The summed E-state index contributed by atoms with van der Waals surface area (Å²) in [5.74, 6) is 0.401. The van der Waals surface area contributed by atoms with E-state index in [1.165, 1.54) is 0 Å². The molecular formula is C12H24N2O3S. The Hall–Kier alpha value is -0.170. The van der Waals surface area contributed by atoms with Gasteiger partial charge < -0.3 is 10.1 Å². The third-order valence-electron chi connectivity index (χ3n) is 3.95. The molecule has 0 unspecified atom stereocenters. The summed E-state index contributed by atoms with van der Waals surface area (Å²) in [5.41, 5.74) is 0. The summed E-state index contributed by atoms with van der Waals surface area (Å²) >= 11 is 0. The Bertz CT molecular complexity index is 346. The molecule has 0 aromatic rings. The number of piperidine rings is 1. The van der Waals surface area contributed by atoms with Crippen LogP contribution in [0.2, 0.25) is 0 Å². The number of rotatable bonds is 4. The molecule has 3 atom stereocenters. The zero-order valence-corrected chi connectivity index (χ0v) is 11.8. The van der Waals surface area contributed by atoms with Gasteiger partial charge in [0.15, 0.2) is 0 Å². The SMILES string of the molecule is C[C@H](NS(=O)(=O)[C@@H]1CCCOC1)[C@@H]1CCCNC1. The summed E-state index contributed by atoms with van der Waals surface area (Å²) in [5, 5.41) is 2.95. The molecule has 0 bridgehead atoms. The van der Waals surface area contributed by atoms with Crippen LogP contribution < -0.4 is 10.0 Å². The summed E-state index contributed by atoms with van der Waals surface area (Å²) in [7, 11) is -3.23. The van der Waals surface area contributed by atoms with Crippen LogP contribution in [0.5, 0.6) is 0 Å².